The van der Waals surface area contributed by atoms with Crippen LogP contribution in [0.15, 0.2) is 97.1 Å². The molecule has 6 rings (SSSR count). The summed E-state index contributed by atoms with van der Waals surface area (Å²) < 4.78 is 38.4. The minimum atomic E-state index is -5.17. The van der Waals surface area contributed by atoms with Gasteiger partial charge in [-0.05, 0) is 24.3 Å². The molecule has 0 aliphatic carbocycles. The first kappa shape index (κ1) is 24.1. The van der Waals surface area contributed by atoms with E-state index in [1.54, 1.807) is 0 Å². The van der Waals surface area contributed by atoms with Gasteiger partial charge in [-0.15, -0.1) is 0 Å². The smallest absolute Gasteiger partial charge is 0.231 e. The molecule has 2 heterocycles. The van der Waals surface area contributed by atoms with E-state index in [0.717, 1.165) is 44.1 Å². The van der Waals surface area contributed by atoms with E-state index in [-0.39, 0.29) is 0 Å². The Hall–Kier alpha value is -4.05. The lowest BCUT2D eigenvalue weighted by molar-refractivity contribution is -0.618. The first-order chi connectivity index (χ1) is 16.7. The molecule has 0 bridgehead atoms. The summed E-state index contributed by atoms with van der Waals surface area (Å²) in [6.07, 6.45) is 0. The third-order valence-corrected chi connectivity index (χ3v) is 5.45. The molecule has 0 unspecified atom stereocenters. The van der Waals surface area contributed by atoms with Gasteiger partial charge in [0.1, 0.15) is 36.2 Å². The lowest BCUT2D eigenvalue weighted by atomic mass is 10.2. The normalized spacial score (nSPS) is 11.1. The van der Waals surface area contributed by atoms with Crippen molar-refractivity contribution in [1.29, 1.82) is 0 Å². The summed E-state index contributed by atoms with van der Waals surface area (Å²) in [6, 6.07) is 32.8. The summed E-state index contributed by atoms with van der Waals surface area (Å²) in [5.41, 5.74) is 8.81. The van der Waals surface area contributed by atoms with E-state index in [0.29, 0.717) is 0 Å². The van der Waals surface area contributed by atoms with Gasteiger partial charge in [-0.25, -0.2) is 9.97 Å². The molecule has 0 amide bonds. The lowest BCUT2D eigenvalue weighted by Crippen LogP contribution is -2.30. The van der Waals surface area contributed by atoms with Crippen molar-refractivity contribution in [2.75, 3.05) is 0 Å². The average Bonchev–Trinajstić information content (AvgIpc) is 2.84. The van der Waals surface area contributed by atoms with E-state index >= 15 is 0 Å². The molecule has 0 aliphatic heterocycles. The summed E-state index contributed by atoms with van der Waals surface area (Å²) in [5, 5.41) is 0. The van der Waals surface area contributed by atoms with Gasteiger partial charge in [0, 0.05) is 34.7 Å². The van der Waals surface area contributed by atoms with Gasteiger partial charge in [-0.1, -0.05) is 48.5 Å². The second kappa shape index (κ2) is 10.1. The Balaban J connectivity index is 0.000000139. The fraction of sp³-hybridized carbons (Fsp3) is 0.0769. The second-order valence-electron chi connectivity index (χ2n) is 7.70. The minimum absolute atomic E-state index is 1.04. The number of nitrogens with zero attached hydrogens (tertiary/aromatic N) is 4. The van der Waals surface area contributed by atoms with Crippen LogP contribution in [0.2, 0.25) is 0 Å². The third-order valence-electron chi connectivity index (χ3n) is 5.45. The summed E-state index contributed by atoms with van der Waals surface area (Å²) >= 11 is 0. The van der Waals surface area contributed by atoms with Gasteiger partial charge in [0.25, 0.3) is 0 Å². The number of fused-ring (bicyclic) bond motifs is 4. The lowest BCUT2D eigenvalue weighted by Gasteiger charge is -2.06. The molecular weight excluding hydrogens is 464 g/mol. The van der Waals surface area contributed by atoms with E-state index in [1.807, 2.05) is 72.8 Å². The highest BCUT2D eigenvalue weighted by atomic mass is 32.3. The van der Waals surface area contributed by atoms with Gasteiger partial charge >= 0.3 is 0 Å². The molecule has 35 heavy (non-hydrogen) atoms. The highest BCUT2D eigenvalue weighted by Crippen LogP contribution is 2.14. The topological polar surface area (TPSA) is 114 Å². The van der Waals surface area contributed by atoms with Crippen LogP contribution in [0.5, 0.6) is 0 Å². The molecule has 4 aromatic carbocycles. The van der Waals surface area contributed by atoms with E-state index in [1.165, 1.54) is 0 Å². The number of para-hydroxylation sites is 8. The zero-order valence-corrected chi connectivity index (χ0v) is 19.9. The van der Waals surface area contributed by atoms with Gasteiger partial charge in [0.15, 0.2) is 0 Å². The number of benzene rings is 4. The van der Waals surface area contributed by atoms with Crippen molar-refractivity contribution >= 4 is 54.5 Å². The number of hydrogen-bond donors (Lipinski definition) is 0. The zero-order valence-electron chi connectivity index (χ0n) is 19.1. The maximum Gasteiger partial charge on any atom is 0.231 e. The molecule has 0 aliphatic rings. The second-order valence-corrected chi connectivity index (χ2v) is 8.52. The van der Waals surface area contributed by atoms with Crippen LogP contribution in [0.3, 0.4) is 0 Å². The standard InChI is InChI=1S/2C13H11N2.H2O4S/c2*1-15-12-8-4-2-6-10(12)14-11-7-3-5-9-13(11)15;1-5(2,3)4/h2*2-9H,1H3;(H2,1,2,3,4)/q2*+1;/p-2. The van der Waals surface area contributed by atoms with Crippen LogP contribution in [0.4, 0.5) is 0 Å². The Labute approximate surface area is 202 Å². The van der Waals surface area contributed by atoms with Crippen molar-refractivity contribution in [3.05, 3.63) is 97.1 Å². The summed E-state index contributed by atoms with van der Waals surface area (Å²) in [4.78, 5) is 9.24. The number of aromatic nitrogens is 4. The van der Waals surface area contributed by atoms with Crippen LogP contribution in [-0.2, 0) is 24.5 Å². The number of hydrogen-bond acceptors (Lipinski definition) is 6. The van der Waals surface area contributed by atoms with Crippen LogP contribution in [0, 0.1) is 0 Å². The predicted molar refractivity (Wildman–Crippen MR) is 131 cm³/mol. The van der Waals surface area contributed by atoms with Gasteiger partial charge in [-0.2, -0.15) is 9.13 Å². The van der Waals surface area contributed by atoms with Crippen LogP contribution < -0.4 is 9.13 Å². The molecule has 8 nitrogen and oxygen atoms in total. The van der Waals surface area contributed by atoms with E-state index in [2.05, 4.69) is 57.5 Å². The van der Waals surface area contributed by atoms with E-state index in [9.17, 15) is 0 Å². The van der Waals surface area contributed by atoms with Crippen molar-refractivity contribution in [2.45, 2.75) is 0 Å². The number of aryl methyl sites for hydroxylation is 2. The fourth-order valence-electron chi connectivity index (χ4n) is 3.89. The zero-order chi connectivity index (χ0) is 25.0. The predicted octanol–water partition coefficient (Wildman–Crippen LogP) is 3.09. The molecular formula is C26H22N4O4S. The minimum Gasteiger partial charge on any atom is -0.759 e. The van der Waals surface area contributed by atoms with Crippen molar-refractivity contribution in [1.82, 2.24) is 9.97 Å². The molecule has 0 saturated carbocycles. The monoisotopic (exact) mass is 486 g/mol. The Morgan fingerprint density at radius 1 is 0.514 bits per heavy atom. The fourth-order valence-corrected chi connectivity index (χ4v) is 3.89. The molecule has 0 saturated heterocycles. The maximum atomic E-state index is 8.52. The third kappa shape index (κ3) is 5.72. The summed E-state index contributed by atoms with van der Waals surface area (Å²) in [7, 11) is -1.02. The Bertz CT molecular complexity index is 1540. The average molecular weight is 487 g/mol. The van der Waals surface area contributed by atoms with Crippen molar-refractivity contribution in [3.8, 4) is 0 Å². The molecule has 6 aromatic rings. The molecule has 0 N–H and O–H groups in total. The van der Waals surface area contributed by atoms with Crippen molar-refractivity contribution in [2.24, 2.45) is 14.1 Å². The maximum absolute atomic E-state index is 8.52. The molecule has 9 heteroatoms. The molecule has 0 spiro atoms. The summed E-state index contributed by atoms with van der Waals surface area (Å²) in [5.74, 6) is 0. The first-order valence-corrected chi connectivity index (χ1v) is 12.0. The molecule has 0 fully saturated rings. The van der Waals surface area contributed by atoms with Crippen LogP contribution in [0.1, 0.15) is 0 Å². The van der Waals surface area contributed by atoms with E-state index < -0.39 is 10.4 Å². The molecule has 0 atom stereocenters. The van der Waals surface area contributed by atoms with Crippen molar-refractivity contribution in [3.63, 3.8) is 0 Å². The van der Waals surface area contributed by atoms with Crippen LogP contribution >= 0.6 is 0 Å². The van der Waals surface area contributed by atoms with Gasteiger partial charge in [0.05, 0.1) is 0 Å². The van der Waals surface area contributed by atoms with Crippen LogP contribution in [-0.4, -0.2) is 27.5 Å². The SMILES string of the molecule is C[n+]1c2ccccc2nc2ccccc21.C[n+]1c2ccccc2nc2ccccc21.O=S(=O)([O-])[O-]. The largest absolute Gasteiger partial charge is 0.759 e. The Morgan fingerprint density at radius 3 is 0.943 bits per heavy atom. The van der Waals surface area contributed by atoms with Crippen molar-refractivity contribution < 1.29 is 26.7 Å². The van der Waals surface area contributed by atoms with Gasteiger partial charge in [-0.3, -0.25) is 8.42 Å². The van der Waals surface area contributed by atoms with E-state index in [4.69, 9.17) is 17.5 Å². The Kier molecular flexibility index (Phi) is 6.92. The highest BCUT2D eigenvalue weighted by Gasteiger charge is 2.11. The molecule has 2 aromatic heterocycles. The number of rotatable bonds is 0. The Morgan fingerprint density at radius 2 is 0.714 bits per heavy atom. The molecule has 176 valence electrons. The van der Waals surface area contributed by atoms with Gasteiger partial charge in [0.2, 0.25) is 22.1 Å². The molecule has 0 radical (unpaired) electrons. The highest BCUT2D eigenvalue weighted by molar-refractivity contribution is 7.79. The van der Waals surface area contributed by atoms with Crippen LogP contribution in [0.25, 0.3) is 44.1 Å². The van der Waals surface area contributed by atoms with Gasteiger partial charge < -0.3 is 9.11 Å². The quantitative estimate of drug-likeness (QED) is 0.141. The summed E-state index contributed by atoms with van der Waals surface area (Å²) in [6.45, 7) is 0. The first-order valence-electron chi connectivity index (χ1n) is 10.7.